The Morgan fingerprint density at radius 3 is 2.37 bits per heavy atom. The van der Waals surface area contributed by atoms with Gasteiger partial charge in [-0.2, -0.15) is 0 Å². The summed E-state index contributed by atoms with van der Waals surface area (Å²) in [6, 6.07) is 0. The second-order valence-corrected chi connectivity index (χ2v) is 6.45. The van der Waals surface area contributed by atoms with Gasteiger partial charge in [0, 0.05) is 6.42 Å². The van der Waals surface area contributed by atoms with E-state index in [1.54, 1.807) is 0 Å². The minimum atomic E-state index is -0.0208. The fraction of sp³-hybridized carbons (Fsp3) is 0.882. The van der Waals surface area contributed by atoms with Gasteiger partial charge in [0.05, 0.1) is 11.7 Å². The third-order valence-corrected chi connectivity index (χ3v) is 3.71. The molecular formula is C17H32O2. The van der Waals surface area contributed by atoms with Crippen molar-refractivity contribution in [2.75, 3.05) is 0 Å². The summed E-state index contributed by atoms with van der Waals surface area (Å²) >= 11 is 0. The Kier molecular flexibility index (Phi) is 7.70. The van der Waals surface area contributed by atoms with E-state index in [1.807, 2.05) is 6.08 Å². The van der Waals surface area contributed by atoms with Crippen molar-refractivity contribution in [2.24, 2.45) is 0 Å². The highest BCUT2D eigenvalue weighted by Gasteiger charge is 2.32. The third kappa shape index (κ3) is 7.74. The van der Waals surface area contributed by atoms with Crippen LogP contribution in [0.2, 0.25) is 0 Å². The topological polar surface area (TPSA) is 18.5 Å². The van der Waals surface area contributed by atoms with Crippen molar-refractivity contribution >= 4 is 0 Å². The number of rotatable bonds is 9. The second-order valence-electron chi connectivity index (χ2n) is 6.45. The first kappa shape index (κ1) is 16.7. The Bertz CT molecular complexity index is 248. The fourth-order valence-electron chi connectivity index (χ4n) is 2.86. The van der Waals surface area contributed by atoms with Gasteiger partial charge in [-0.05, 0) is 46.5 Å². The molecule has 0 amide bonds. The predicted octanol–water partition coefficient (Wildman–Crippen LogP) is 5.22. The van der Waals surface area contributed by atoms with E-state index in [0.717, 1.165) is 19.3 Å². The Labute approximate surface area is 119 Å². The summed E-state index contributed by atoms with van der Waals surface area (Å²) in [5, 5.41) is 0. The second kappa shape index (κ2) is 8.76. The van der Waals surface area contributed by atoms with Gasteiger partial charge in [0.2, 0.25) is 0 Å². The lowest BCUT2D eigenvalue weighted by molar-refractivity contribution is -0.270. The zero-order valence-electron chi connectivity index (χ0n) is 13.1. The first-order chi connectivity index (χ1) is 9.03. The van der Waals surface area contributed by atoms with Gasteiger partial charge >= 0.3 is 0 Å². The molecule has 0 unspecified atom stereocenters. The molecule has 0 aromatic rings. The summed E-state index contributed by atoms with van der Waals surface area (Å²) in [7, 11) is 0. The summed E-state index contributed by atoms with van der Waals surface area (Å²) in [6.07, 6.45) is 13.4. The first-order valence-electron chi connectivity index (χ1n) is 7.98. The van der Waals surface area contributed by atoms with E-state index in [2.05, 4.69) is 27.4 Å². The molecule has 0 bridgehead atoms. The maximum Gasteiger partial charge on any atom is 0.158 e. The molecule has 0 radical (unpaired) electrons. The average Bonchev–Trinajstić information content (AvgIpc) is 2.30. The molecule has 0 saturated carbocycles. The molecule has 2 atom stereocenters. The molecule has 1 aliphatic rings. The summed E-state index contributed by atoms with van der Waals surface area (Å²) in [5.41, 5.74) is -0.0208. The highest BCUT2D eigenvalue weighted by atomic mass is 16.7. The lowest BCUT2D eigenvalue weighted by Crippen LogP contribution is -2.42. The van der Waals surface area contributed by atoms with Crippen LogP contribution in [0.4, 0.5) is 0 Å². The van der Waals surface area contributed by atoms with Crippen LogP contribution in [0.25, 0.3) is 0 Å². The van der Waals surface area contributed by atoms with Crippen molar-refractivity contribution in [3.8, 4) is 0 Å². The molecular weight excluding hydrogens is 236 g/mol. The molecule has 0 aromatic heterocycles. The van der Waals surface area contributed by atoms with E-state index in [0.29, 0.717) is 6.10 Å². The van der Waals surface area contributed by atoms with Gasteiger partial charge in [-0.25, -0.2) is 0 Å². The number of hydrogen-bond acceptors (Lipinski definition) is 2. The van der Waals surface area contributed by atoms with Crippen LogP contribution in [-0.4, -0.2) is 18.0 Å². The molecule has 0 spiro atoms. The van der Waals surface area contributed by atoms with Crippen LogP contribution < -0.4 is 0 Å². The minimum Gasteiger partial charge on any atom is -0.350 e. The number of unbranched alkanes of at least 4 members (excludes halogenated alkanes) is 6. The monoisotopic (exact) mass is 268 g/mol. The van der Waals surface area contributed by atoms with E-state index < -0.39 is 0 Å². The van der Waals surface area contributed by atoms with E-state index in [4.69, 9.17) is 9.47 Å². The van der Waals surface area contributed by atoms with E-state index in [1.165, 1.54) is 38.5 Å². The van der Waals surface area contributed by atoms with E-state index in [9.17, 15) is 0 Å². The average molecular weight is 268 g/mol. The Morgan fingerprint density at radius 2 is 1.74 bits per heavy atom. The maximum atomic E-state index is 5.97. The normalized spacial score (nSPS) is 26.3. The van der Waals surface area contributed by atoms with E-state index in [-0.39, 0.29) is 11.9 Å². The third-order valence-electron chi connectivity index (χ3n) is 3.71. The number of allylic oxidation sites excluding steroid dienone is 1. The van der Waals surface area contributed by atoms with Crippen LogP contribution in [-0.2, 0) is 9.47 Å². The van der Waals surface area contributed by atoms with Crippen molar-refractivity contribution in [3.05, 3.63) is 12.7 Å². The summed E-state index contributed by atoms with van der Waals surface area (Å²) in [5.74, 6) is 0. The Balaban J connectivity index is 2.01. The van der Waals surface area contributed by atoms with Gasteiger partial charge in [0.15, 0.2) is 6.29 Å². The molecule has 1 rings (SSSR count). The van der Waals surface area contributed by atoms with Crippen LogP contribution >= 0.6 is 0 Å². The van der Waals surface area contributed by atoms with Crippen LogP contribution in [0.3, 0.4) is 0 Å². The summed E-state index contributed by atoms with van der Waals surface area (Å²) in [6.45, 7) is 10.2. The molecule has 1 heterocycles. The van der Waals surface area contributed by atoms with Crippen molar-refractivity contribution in [1.29, 1.82) is 0 Å². The lowest BCUT2D eigenvalue weighted by Gasteiger charge is -2.39. The molecule has 0 aromatic carbocycles. The lowest BCUT2D eigenvalue weighted by atomic mass is 9.99. The van der Waals surface area contributed by atoms with E-state index >= 15 is 0 Å². The number of hydrogen-bond donors (Lipinski definition) is 0. The van der Waals surface area contributed by atoms with Gasteiger partial charge in [0.1, 0.15) is 0 Å². The zero-order valence-corrected chi connectivity index (χ0v) is 13.1. The first-order valence-corrected chi connectivity index (χ1v) is 7.98. The Hall–Kier alpha value is -0.340. The quantitative estimate of drug-likeness (QED) is 0.421. The molecule has 1 saturated heterocycles. The molecule has 1 aliphatic heterocycles. The highest BCUT2D eigenvalue weighted by molar-refractivity contribution is 4.77. The van der Waals surface area contributed by atoms with Gasteiger partial charge in [-0.1, -0.05) is 31.8 Å². The van der Waals surface area contributed by atoms with Crippen LogP contribution in [0, 0.1) is 0 Å². The van der Waals surface area contributed by atoms with Crippen LogP contribution in [0.15, 0.2) is 12.7 Å². The van der Waals surface area contributed by atoms with Crippen molar-refractivity contribution in [2.45, 2.75) is 96.6 Å². The van der Waals surface area contributed by atoms with Crippen LogP contribution in [0.1, 0.15) is 78.6 Å². The highest BCUT2D eigenvalue weighted by Crippen LogP contribution is 2.29. The SMILES string of the molecule is C=CCCCCCCCC[C@H]1O[C@H](C)CC(C)(C)O1. The molecule has 1 fully saturated rings. The van der Waals surface area contributed by atoms with Gasteiger partial charge in [-0.15, -0.1) is 6.58 Å². The van der Waals surface area contributed by atoms with Crippen molar-refractivity contribution in [3.63, 3.8) is 0 Å². The van der Waals surface area contributed by atoms with Gasteiger partial charge in [0.25, 0.3) is 0 Å². The van der Waals surface area contributed by atoms with Gasteiger partial charge in [-0.3, -0.25) is 0 Å². The van der Waals surface area contributed by atoms with Crippen molar-refractivity contribution < 1.29 is 9.47 Å². The Morgan fingerprint density at radius 1 is 1.11 bits per heavy atom. The minimum absolute atomic E-state index is 0.0134. The smallest absolute Gasteiger partial charge is 0.158 e. The number of ether oxygens (including phenoxy) is 2. The molecule has 2 heteroatoms. The molecule has 2 nitrogen and oxygen atoms in total. The molecule has 112 valence electrons. The largest absolute Gasteiger partial charge is 0.350 e. The standard InChI is InChI=1S/C17H32O2/c1-5-6-7-8-9-10-11-12-13-16-18-15(2)14-17(3,4)19-16/h5,15-16H,1,6-14H2,2-4H3/t15-,16+/m1/s1. The maximum absolute atomic E-state index is 5.97. The van der Waals surface area contributed by atoms with Gasteiger partial charge < -0.3 is 9.47 Å². The summed E-state index contributed by atoms with van der Waals surface area (Å²) in [4.78, 5) is 0. The molecule has 19 heavy (non-hydrogen) atoms. The predicted molar refractivity (Wildman–Crippen MR) is 81.2 cm³/mol. The fourth-order valence-corrected chi connectivity index (χ4v) is 2.86. The summed E-state index contributed by atoms with van der Waals surface area (Å²) < 4.78 is 11.8. The molecule has 0 aliphatic carbocycles. The zero-order chi connectivity index (χ0) is 14.1. The molecule has 0 N–H and O–H groups in total. The van der Waals surface area contributed by atoms with Crippen molar-refractivity contribution in [1.82, 2.24) is 0 Å². The van der Waals surface area contributed by atoms with Crippen LogP contribution in [0.5, 0.6) is 0 Å².